The Labute approximate surface area is 126 Å². The molecule has 0 bridgehead atoms. The van der Waals surface area contributed by atoms with Crippen LogP contribution in [-0.2, 0) is 11.2 Å². The fourth-order valence-electron chi connectivity index (χ4n) is 2.37. The summed E-state index contributed by atoms with van der Waals surface area (Å²) in [5.74, 6) is -0.557. The summed E-state index contributed by atoms with van der Waals surface area (Å²) in [6.07, 6.45) is 0.255. The number of anilines is 1. The van der Waals surface area contributed by atoms with E-state index in [0.717, 1.165) is 0 Å². The summed E-state index contributed by atoms with van der Waals surface area (Å²) in [5, 5.41) is 16.3. The molecule has 0 spiro atoms. The van der Waals surface area contributed by atoms with Crippen molar-refractivity contribution in [3.63, 3.8) is 0 Å². The van der Waals surface area contributed by atoms with Gasteiger partial charge in [0.1, 0.15) is 10.7 Å². The lowest BCUT2D eigenvalue weighted by atomic mass is 9.99. The van der Waals surface area contributed by atoms with Crippen LogP contribution in [0.3, 0.4) is 0 Å². The number of rotatable bonds is 4. The van der Waals surface area contributed by atoms with Crippen molar-refractivity contribution >= 4 is 23.2 Å². The summed E-state index contributed by atoms with van der Waals surface area (Å²) < 4.78 is 5.12. The van der Waals surface area contributed by atoms with E-state index < -0.39 is 10.8 Å². The van der Waals surface area contributed by atoms with Gasteiger partial charge in [-0.3, -0.25) is 14.9 Å². The zero-order valence-electron chi connectivity index (χ0n) is 11.8. The molecule has 0 aliphatic carbocycles. The summed E-state index contributed by atoms with van der Waals surface area (Å²) in [6.45, 7) is 1.77. The van der Waals surface area contributed by atoms with E-state index in [-0.39, 0.29) is 18.2 Å². The molecule has 7 nitrogen and oxygen atoms in total. The molecule has 0 N–H and O–H groups in total. The van der Waals surface area contributed by atoms with Crippen molar-refractivity contribution in [1.29, 1.82) is 0 Å². The number of nitro groups is 1. The molecule has 1 amide bonds. The second-order valence-corrected chi connectivity index (χ2v) is 4.98. The van der Waals surface area contributed by atoms with Gasteiger partial charge in [-0.25, -0.2) is 5.01 Å². The van der Waals surface area contributed by atoms with Gasteiger partial charge in [0.25, 0.3) is 5.91 Å². The number of amides is 1. The molecule has 0 saturated carbocycles. The number of hydrogen-bond acceptors (Lipinski definition) is 5. The van der Waals surface area contributed by atoms with Crippen LogP contribution in [-0.4, -0.2) is 16.5 Å². The minimum Gasteiger partial charge on any atom is -0.406 e. The molecule has 22 heavy (non-hydrogen) atoms. The van der Waals surface area contributed by atoms with E-state index in [1.165, 1.54) is 17.1 Å². The first kappa shape index (κ1) is 14.0. The third kappa shape index (κ3) is 2.48. The van der Waals surface area contributed by atoms with Crippen LogP contribution in [0, 0.1) is 16.0 Å². The minimum atomic E-state index is -0.600. The molecule has 1 atom stereocenters. The number of hydrazone groups is 1. The first-order valence-electron chi connectivity index (χ1n) is 6.73. The summed E-state index contributed by atoms with van der Waals surface area (Å²) >= 11 is 0. The molecule has 1 aliphatic heterocycles. The number of carbonyl (C=O) groups excluding carboxylic acids is 1. The highest BCUT2D eigenvalue weighted by atomic mass is 16.6. The van der Waals surface area contributed by atoms with Crippen LogP contribution in [0.2, 0.25) is 0 Å². The normalized spacial score (nSPS) is 17.7. The molecule has 2 heterocycles. The minimum absolute atomic E-state index is 0.164. The zero-order valence-corrected chi connectivity index (χ0v) is 11.8. The Morgan fingerprint density at radius 1 is 1.27 bits per heavy atom. The molecule has 3 rings (SSSR count). The standard InChI is InChI=1S/C15H13N3O4/c1-10-13(9-12-7-8-14(22-12)18(20)21)15(19)17(16-10)11-5-3-2-4-6-11/h2-8,13H,9H2,1H3. The molecule has 7 heteroatoms. The van der Waals surface area contributed by atoms with E-state index in [1.807, 2.05) is 18.2 Å². The van der Waals surface area contributed by atoms with Gasteiger partial charge in [0.2, 0.25) is 0 Å². The van der Waals surface area contributed by atoms with E-state index in [9.17, 15) is 14.9 Å². The van der Waals surface area contributed by atoms with Crippen molar-refractivity contribution in [1.82, 2.24) is 0 Å². The Hall–Kier alpha value is -2.96. The van der Waals surface area contributed by atoms with Crippen LogP contribution in [0.15, 0.2) is 52.0 Å². The molecule has 1 aromatic heterocycles. The molecular formula is C15H13N3O4. The second-order valence-electron chi connectivity index (χ2n) is 4.98. The molecule has 112 valence electrons. The van der Waals surface area contributed by atoms with Crippen molar-refractivity contribution < 1.29 is 14.1 Å². The van der Waals surface area contributed by atoms with Gasteiger partial charge in [0.05, 0.1) is 17.7 Å². The number of nitrogens with zero attached hydrogens (tertiary/aromatic N) is 3. The average Bonchev–Trinajstić information content (AvgIpc) is 3.09. The average molecular weight is 299 g/mol. The third-order valence-electron chi connectivity index (χ3n) is 3.50. The monoisotopic (exact) mass is 299 g/mol. The fraction of sp³-hybridized carbons (Fsp3) is 0.200. The van der Waals surface area contributed by atoms with Crippen molar-refractivity contribution in [2.45, 2.75) is 13.3 Å². The molecule has 1 aliphatic rings. The lowest BCUT2D eigenvalue weighted by Gasteiger charge is -2.13. The van der Waals surface area contributed by atoms with Crippen molar-refractivity contribution in [2.75, 3.05) is 5.01 Å². The third-order valence-corrected chi connectivity index (χ3v) is 3.50. The molecular weight excluding hydrogens is 286 g/mol. The Kier molecular flexibility index (Phi) is 3.46. The predicted octanol–water partition coefficient (Wildman–Crippen LogP) is 2.77. The predicted molar refractivity (Wildman–Crippen MR) is 79.6 cm³/mol. The smallest absolute Gasteiger partial charge is 0.406 e. The van der Waals surface area contributed by atoms with E-state index in [2.05, 4.69) is 5.10 Å². The Bertz CT molecular complexity index is 751. The van der Waals surface area contributed by atoms with Gasteiger partial charge in [-0.2, -0.15) is 5.10 Å². The van der Waals surface area contributed by atoms with Gasteiger partial charge in [-0.1, -0.05) is 18.2 Å². The summed E-state index contributed by atoms with van der Waals surface area (Å²) in [7, 11) is 0. The highest BCUT2D eigenvalue weighted by Gasteiger charge is 2.35. The summed E-state index contributed by atoms with van der Waals surface area (Å²) in [4.78, 5) is 22.5. The van der Waals surface area contributed by atoms with Crippen molar-refractivity contribution in [3.05, 3.63) is 58.3 Å². The Balaban J connectivity index is 1.79. The van der Waals surface area contributed by atoms with E-state index >= 15 is 0 Å². The first-order chi connectivity index (χ1) is 10.6. The van der Waals surface area contributed by atoms with Crippen LogP contribution < -0.4 is 5.01 Å². The van der Waals surface area contributed by atoms with E-state index in [0.29, 0.717) is 17.2 Å². The van der Waals surface area contributed by atoms with Crippen LogP contribution in [0.25, 0.3) is 0 Å². The SMILES string of the molecule is CC1=NN(c2ccccc2)C(=O)C1Cc1ccc([N+](=O)[O-])o1. The molecule has 1 unspecified atom stereocenters. The van der Waals surface area contributed by atoms with Gasteiger partial charge in [-0.15, -0.1) is 0 Å². The lowest BCUT2D eigenvalue weighted by molar-refractivity contribution is -0.402. The van der Waals surface area contributed by atoms with Gasteiger partial charge < -0.3 is 4.42 Å². The van der Waals surface area contributed by atoms with E-state index in [1.54, 1.807) is 19.1 Å². The molecule has 0 fully saturated rings. The number of benzene rings is 1. The second kappa shape index (κ2) is 5.44. The maximum Gasteiger partial charge on any atom is 0.433 e. The quantitative estimate of drug-likeness (QED) is 0.641. The highest BCUT2D eigenvalue weighted by molar-refractivity contribution is 6.14. The summed E-state index contributed by atoms with van der Waals surface area (Å²) in [6, 6.07) is 11.9. The number of hydrogen-bond donors (Lipinski definition) is 0. The maximum absolute atomic E-state index is 12.5. The van der Waals surface area contributed by atoms with Crippen LogP contribution in [0.5, 0.6) is 0 Å². The van der Waals surface area contributed by atoms with E-state index in [4.69, 9.17) is 4.42 Å². The Morgan fingerprint density at radius 3 is 2.64 bits per heavy atom. The molecule has 0 radical (unpaired) electrons. The number of furan rings is 1. The number of para-hydroxylation sites is 1. The van der Waals surface area contributed by atoms with Gasteiger partial charge in [-0.05, 0) is 25.1 Å². The Morgan fingerprint density at radius 2 is 2.00 bits per heavy atom. The van der Waals surface area contributed by atoms with Crippen molar-refractivity contribution in [2.24, 2.45) is 11.0 Å². The highest BCUT2D eigenvalue weighted by Crippen LogP contribution is 2.27. The number of carbonyl (C=O) groups is 1. The van der Waals surface area contributed by atoms with Gasteiger partial charge >= 0.3 is 5.88 Å². The largest absolute Gasteiger partial charge is 0.433 e. The molecule has 0 saturated heterocycles. The lowest BCUT2D eigenvalue weighted by Crippen LogP contribution is -2.28. The molecule has 1 aromatic carbocycles. The maximum atomic E-state index is 12.5. The topological polar surface area (TPSA) is 89.0 Å². The van der Waals surface area contributed by atoms with Gasteiger partial charge in [0, 0.05) is 12.1 Å². The van der Waals surface area contributed by atoms with Crippen LogP contribution in [0.1, 0.15) is 12.7 Å². The summed E-state index contributed by atoms with van der Waals surface area (Å²) in [5.41, 5.74) is 1.35. The fourth-order valence-corrected chi connectivity index (χ4v) is 2.37. The van der Waals surface area contributed by atoms with Gasteiger partial charge in [0.15, 0.2) is 0 Å². The zero-order chi connectivity index (χ0) is 15.7. The van der Waals surface area contributed by atoms with Crippen LogP contribution >= 0.6 is 0 Å². The van der Waals surface area contributed by atoms with Crippen LogP contribution in [0.4, 0.5) is 11.6 Å². The van der Waals surface area contributed by atoms with Crippen molar-refractivity contribution in [3.8, 4) is 0 Å². The molecule has 2 aromatic rings. The first-order valence-corrected chi connectivity index (χ1v) is 6.73.